The lowest BCUT2D eigenvalue weighted by Crippen LogP contribution is -2.31. The summed E-state index contributed by atoms with van der Waals surface area (Å²) in [7, 11) is 0. The van der Waals surface area contributed by atoms with E-state index >= 15 is 0 Å². The average molecular weight is 396 g/mol. The molecule has 7 heteroatoms. The van der Waals surface area contributed by atoms with Crippen molar-refractivity contribution in [2.45, 2.75) is 45.3 Å². The summed E-state index contributed by atoms with van der Waals surface area (Å²) in [5.74, 6) is 2.28. The van der Waals surface area contributed by atoms with Gasteiger partial charge in [0.25, 0.3) is 0 Å². The van der Waals surface area contributed by atoms with Crippen LogP contribution in [0.4, 0.5) is 0 Å². The van der Waals surface area contributed by atoms with Gasteiger partial charge in [0.1, 0.15) is 5.82 Å². The van der Waals surface area contributed by atoms with Crippen LogP contribution in [0.25, 0.3) is 10.1 Å². The summed E-state index contributed by atoms with van der Waals surface area (Å²) >= 11 is 1.88. The Morgan fingerprint density at radius 3 is 2.93 bits per heavy atom. The topological polar surface area (TPSA) is 63.1 Å². The minimum atomic E-state index is -0.0940. The predicted octanol–water partition coefficient (Wildman–Crippen LogP) is 3.14. The van der Waals surface area contributed by atoms with Gasteiger partial charge in [0.15, 0.2) is 5.82 Å². The number of amides is 1. The quantitative estimate of drug-likeness (QED) is 0.721. The molecule has 0 saturated heterocycles. The molecule has 1 fully saturated rings. The van der Waals surface area contributed by atoms with Crippen LogP contribution in [-0.4, -0.2) is 38.7 Å². The summed E-state index contributed by atoms with van der Waals surface area (Å²) in [6.07, 6.45) is 2.92. The Balaban J connectivity index is 1.26. The molecular weight excluding hydrogens is 370 g/mol. The van der Waals surface area contributed by atoms with E-state index in [1.165, 1.54) is 15.0 Å². The molecule has 1 aromatic carbocycles. The van der Waals surface area contributed by atoms with Gasteiger partial charge in [0, 0.05) is 48.1 Å². The number of fused-ring (bicyclic) bond motifs is 2. The highest BCUT2D eigenvalue weighted by atomic mass is 32.1. The molecule has 1 aliphatic heterocycles. The number of nitrogens with zero attached hydrogens (tertiary/aromatic N) is 4. The standard InChI is InChI=1S/C21H25N5OS/c1-14(22-21(27)15-6-7-15)20-24-23-19-8-9-25(10-11-26(19)20)13-17-12-16-4-2-3-5-18(16)28-17/h2-5,12,14-15H,6-11,13H2,1H3,(H,22,27). The summed E-state index contributed by atoms with van der Waals surface area (Å²) in [6, 6.07) is 10.8. The van der Waals surface area contributed by atoms with Gasteiger partial charge in [0.05, 0.1) is 6.04 Å². The average Bonchev–Trinajstić information content (AvgIpc) is 3.39. The zero-order chi connectivity index (χ0) is 19.1. The second kappa shape index (κ2) is 7.29. The highest BCUT2D eigenvalue weighted by Gasteiger charge is 2.31. The summed E-state index contributed by atoms with van der Waals surface area (Å²) in [4.78, 5) is 16.0. The predicted molar refractivity (Wildman–Crippen MR) is 110 cm³/mol. The molecule has 6 nitrogen and oxygen atoms in total. The van der Waals surface area contributed by atoms with E-state index in [4.69, 9.17) is 0 Å². The molecule has 1 aliphatic carbocycles. The molecule has 146 valence electrons. The fourth-order valence-corrected chi connectivity index (χ4v) is 5.05. The Labute approximate surface area is 168 Å². The maximum Gasteiger partial charge on any atom is 0.223 e. The van der Waals surface area contributed by atoms with Crippen LogP contribution in [0.1, 0.15) is 42.3 Å². The van der Waals surface area contributed by atoms with Crippen LogP contribution in [0.5, 0.6) is 0 Å². The third-order valence-corrected chi connectivity index (χ3v) is 6.80. The second-order valence-corrected chi connectivity index (χ2v) is 9.08. The van der Waals surface area contributed by atoms with E-state index in [9.17, 15) is 4.79 Å². The molecule has 1 unspecified atom stereocenters. The molecular formula is C21H25N5OS. The minimum absolute atomic E-state index is 0.0940. The Hall–Kier alpha value is -2.25. The van der Waals surface area contributed by atoms with Crippen molar-refractivity contribution in [1.29, 1.82) is 0 Å². The fourth-order valence-electron chi connectivity index (χ4n) is 3.94. The first-order valence-corrected chi connectivity index (χ1v) is 10.9. The largest absolute Gasteiger partial charge is 0.346 e. The van der Waals surface area contributed by atoms with Crippen molar-refractivity contribution in [2.24, 2.45) is 5.92 Å². The molecule has 5 rings (SSSR count). The van der Waals surface area contributed by atoms with Gasteiger partial charge in [0.2, 0.25) is 5.91 Å². The van der Waals surface area contributed by atoms with Crippen molar-refractivity contribution >= 4 is 27.3 Å². The van der Waals surface area contributed by atoms with E-state index < -0.39 is 0 Å². The van der Waals surface area contributed by atoms with Crippen LogP contribution in [0.3, 0.4) is 0 Å². The van der Waals surface area contributed by atoms with Gasteiger partial charge in [-0.25, -0.2) is 0 Å². The second-order valence-electron chi connectivity index (χ2n) is 7.91. The number of carbonyl (C=O) groups excluding carboxylic acids is 1. The third-order valence-electron chi connectivity index (χ3n) is 5.70. The minimum Gasteiger partial charge on any atom is -0.346 e. The smallest absolute Gasteiger partial charge is 0.223 e. The van der Waals surface area contributed by atoms with Gasteiger partial charge in [-0.05, 0) is 37.3 Å². The molecule has 2 aromatic heterocycles. The zero-order valence-electron chi connectivity index (χ0n) is 16.1. The van der Waals surface area contributed by atoms with Crippen molar-refractivity contribution in [3.05, 3.63) is 46.9 Å². The van der Waals surface area contributed by atoms with Gasteiger partial charge in [-0.1, -0.05) is 18.2 Å². The first-order valence-electron chi connectivity index (χ1n) is 10.1. The lowest BCUT2D eigenvalue weighted by molar-refractivity contribution is -0.123. The number of nitrogens with one attached hydrogen (secondary N) is 1. The van der Waals surface area contributed by atoms with Gasteiger partial charge in [-0.3, -0.25) is 9.69 Å². The maximum absolute atomic E-state index is 12.1. The van der Waals surface area contributed by atoms with Crippen molar-refractivity contribution in [2.75, 3.05) is 13.1 Å². The van der Waals surface area contributed by atoms with Gasteiger partial charge < -0.3 is 9.88 Å². The van der Waals surface area contributed by atoms with Gasteiger partial charge >= 0.3 is 0 Å². The fraction of sp³-hybridized carbons (Fsp3) is 0.476. The van der Waals surface area contributed by atoms with Crippen LogP contribution in [0.15, 0.2) is 30.3 Å². The summed E-state index contributed by atoms with van der Waals surface area (Å²) < 4.78 is 3.56. The number of carbonyl (C=O) groups is 1. The molecule has 1 saturated carbocycles. The number of hydrogen-bond donors (Lipinski definition) is 1. The van der Waals surface area contributed by atoms with Gasteiger partial charge in [-0.2, -0.15) is 0 Å². The molecule has 3 heterocycles. The summed E-state index contributed by atoms with van der Waals surface area (Å²) in [5, 5.41) is 13.2. The molecule has 1 N–H and O–H groups in total. The molecule has 28 heavy (non-hydrogen) atoms. The van der Waals surface area contributed by atoms with E-state index in [0.29, 0.717) is 0 Å². The number of benzene rings is 1. The van der Waals surface area contributed by atoms with E-state index in [1.807, 2.05) is 18.3 Å². The first-order chi connectivity index (χ1) is 13.7. The molecule has 0 spiro atoms. The normalized spacial score (nSPS) is 18.6. The molecule has 3 aromatic rings. The van der Waals surface area contributed by atoms with E-state index in [0.717, 1.165) is 57.1 Å². The maximum atomic E-state index is 12.1. The number of hydrogen-bond acceptors (Lipinski definition) is 5. The lowest BCUT2D eigenvalue weighted by atomic mass is 10.2. The lowest BCUT2D eigenvalue weighted by Gasteiger charge is -2.19. The monoisotopic (exact) mass is 395 g/mol. The van der Waals surface area contributed by atoms with E-state index in [-0.39, 0.29) is 17.9 Å². The van der Waals surface area contributed by atoms with Crippen LogP contribution in [0, 0.1) is 5.92 Å². The van der Waals surface area contributed by atoms with Crippen LogP contribution < -0.4 is 5.32 Å². The highest BCUT2D eigenvalue weighted by molar-refractivity contribution is 7.19. The molecule has 1 atom stereocenters. The molecule has 0 bridgehead atoms. The first kappa shape index (κ1) is 17.8. The van der Waals surface area contributed by atoms with Crippen LogP contribution >= 0.6 is 11.3 Å². The highest BCUT2D eigenvalue weighted by Crippen LogP contribution is 2.30. The molecule has 1 amide bonds. The van der Waals surface area contributed by atoms with Crippen molar-refractivity contribution < 1.29 is 4.79 Å². The van der Waals surface area contributed by atoms with E-state index in [2.05, 4.69) is 55.3 Å². The third kappa shape index (κ3) is 3.56. The molecule has 0 radical (unpaired) electrons. The van der Waals surface area contributed by atoms with Gasteiger partial charge in [-0.15, -0.1) is 21.5 Å². The van der Waals surface area contributed by atoms with E-state index in [1.54, 1.807) is 0 Å². The Bertz CT molecular complexity index is 972. The zero-order valence-corrected chi connectivity index (χ0v) is 16.9. The van der Waals surface area contributed by atoms with Crippen molar-refractivity contribution in [1.82, 2.24) is 25.0 Å². The summed E-state index contributed by atoms with van der Waals surface area (Å²) in [5.41, 5.74) is 0. The summed E-state index contributed by atoms with van der Waals surface area (Å²) in [6.45, 7) is 5.80. The number of rotatable bonds is 5. The SMILES string of the molecule is CC(NC(=O)C1CC1)c1nnc2n1CCN(Cc1cc3ccccc3s1)CC2. The van der Waals surface area contributed by atoms with Crippen molar-refractivity contribution in [3.63, 3.8) is 0 Å². The van der Waals surface area contributed by atoms with Crippen molar-refractivity contribution in [3.8, 4) is 0 Å². The number of thiophene rings is 1. The Kier molecular flexibility index (Phi) is 4.64. The number of aromatic nitrogens is 3. The molecule has 2 aliphatic rings. The van der Waals surface area contributed by atoms with Crippen LogP contribution in [-0.2, 0) is 24.3 Å². The Morgan fingerprint density at radius 1 is 1.25 bits per heavy atom. The van der Waals surface area contributed by atoms with Crippen LogP contribution in [0.2, 0.25) is 0 Å². The Morgan fingerprint density at radius 2 is 2.11 bits per heavy atom.